The Hall–Kier alpha value is -1.36. The van der Waals surface area contributed by atoms with Gasteiger partial charge in [-0.15, -0.1) is 0 Å². The highest BCUT2D eigenvalue weighted by atomic mass is 35.5. The standard InChI is InChI=1S/C13H21ClN4O/c1-7(2)6-15-13(19)9(4)16-12-8(3)11(14)17-10(5)18-12/h7,9H,6H2,1-5H3,(H,15,19)(H,16,17,18). The molecule has 1 amide bonds. The SMILES string of the molecule is Cc1nc(Cl)c(C)c(NC(C)C(=O)NCC(C)C)n1. The molecule has 6 heteroatoms. The van der Waals surface area contributed by atoms with E-state index in [-0.39, 0.29) is 11.9 Å². The van der Waals surface area contributed by atoms with Crippen LogP contribution in [-0.2, 0) is 4.79 Å². The van der Waals surface area contributed by atoms with Gasteiger partial charge in [-0.05, 0) is 26.7 Å². The van der Waals surface area contributed by atoms with E-state index in [2.05, 4.69) is 34.4 Å². The van der Waals surface area contributed by atoms with Crippen molar-refractivity contribution in [3.63, 3.8) is 0 Å². The third-order valence-electron chi connectivity index (χ3n) is 2.63. The molecule has 1 heterocycles. The number of carbonyl (C=O) groups excluding carboxylic acids is 1. The van der Waals surface area contributed by atoms with Gasteiger partial charge in [-0.25, -0.2) is 9.97 Å². The van der Waals surface area contributed by atoms with Crippen molar-refractivity contribution in [2.45, 2.75) is 40.7 Å². The van der Waals surface area contributed by atoms with Crippen molar-refractivity contribution in [2.75, 3.05) is 11.9 Å². The number of anilines is 1. The van der Waals surface area contributed by atoms with Gasteiger partial charge in [-0.2, -0.15) is 0 Å². The Labute approximate surface area is 119 Å². The first-order valence-electron chi connectivity index (χ1n) is 6.36. The van der Waals surface area contributed by atoms with Gasteiger partial charge in [0, 0.05) is 12.1 Å². The van der Waals surface area contributed by atoms with E-state index in [4.69, 9.17) is 11.6 Å². The van der Waals surface area contributed by atoms with Crippen molar-refractivity contribution >= 4 is 23.3 Å². The number of amides is 1. The molecule has 1 aromatic heterocycles. The Morgan fingerprint density at radius 3 is 2.47 bits per heavy atom. The minimum atomic E-state index is -0.372. The van der Waals surface area contributed by atoms with Crippen LogP contribution in [0.25, 0.3) is 0 Å². The average molecular weight is 285 g/mol. The number of aryl methyl sites for hydroxylation is 1. The molecule has 19 heavy (non-hydrogen) atoms. The molecule has 1 aromatic rings. The van der Waals surface area contributed by atoms with Crippen LogP contribution in [0.3, 0.4) is 0 Å². The Kier molecular flexibility index (Phi) is 5.54. The summed E-state index contributed by atoms with van der Waals surface area (Å²) in [5.74, 6) is 1.55. The predicted molar refractivity (Wildman–Crippen MR) is 77.4 cm³/mol. The molecule has 0 spiro atoms. The average Bonchev–Trinajstić information content (AvgIpc) is 2.32. The molecule has 0 aliphatic rings. The molecule has 5 nitrogen and oxygen atoms in total. The molecule has 0 aliphatic heterocycles. The van der Waals surface area contributed by atoms with E-state index in [1.807, 2.05) is 6.92 Å². The normalized spacial score (nSPS) is 12.4. The lowest BCUT2D eigenvalue weighted by molar-refractivity contribution is -0.121. The lowest BCUT2D eigenvalue weighted by Gasteiger charge is -2.17. The van der Waals surface area contributed by atoms with Crippen LogP contribution in [0.2, 0.25) is 5.15 Å². The van der Waals surface area contributed by atoms with Crippen molar-refractivity contribution in [1.29, 1.82) is 0 Å². The van der Waals surface area contributed by atoms with Crippen LogP contribution >= 0.6 is 11.6 Å². The maximum absolute atomic E-state index is 11.9. The van der Waals surface area contributed by atoms with Gasteiger partial charge in [0.05, 0.1) is 0 Å². The molecule has 0 bridgehead atoms. The number of hydrogen-bond donors (Lipinski definition) is 2. The smallest absolute Gasteiger partial charge is 0.242 e. The molecule has 0 saturated carbocycles. The molecule has 0 aliphatic carbocycles. The van der Waals surface area contributed by atoms with Crippen LogP contribution in [0.1, 0.15) is 32.2 Å². The molecule has 1 rings (SSSR count). The number of halogens is 1. The molecule has 1 unspecified atom stereocenters. The molecule has 0 fully saturated rings. The van der Waals surface area contributed by atoms with E-state index in [1.165, 1.54) is 0 Å². The highest BCUT2D eigenvalue weighted by Crippen LogP contribution is 2.20. The zero-order valence-corrected chi connectivity index (χ0v) is 12.8. The summed E-state index contributed by atoms with van der Waals surface area (Å²) >= 11 is 5.99. The van der Waals surface area contributed by atoms with Gasteiger partial charge in [-0.1, -0.05) is 25.4 Å². The molecule has 106 valence electrons. The molecular weight excluding hydrogens is 264 g/mol. The maximum atomic E-state index is 11.9. The molecular formula is C13H21ClN4O. The fraction of sp³-hybridized carbons (Fsp3) is 0.615. The summed E-state index contributed by atoms with van der Waals surface area (Å²) < 4.78 is 0. The zero-order chi connectivity index (χ0) is 14.6. The zero-order valence-electron chi connectivity index (χ0n) is 12.0. The first-order chi connectivity index (χ1) is 8.81. The quantitative estimate of drug-likeness (QED) is 0.815. The first kappa shape index (κ1) is 15.7. The van der Waals surface area contributed by atoms with Gasteiger partial charge >= 0.3 is 0 Å². The Balaban J connectivity index is 2.71. The second-order valence-corrected chi connectivity index (χ2v) is 5.40. The van der Waals surface area contributed by atoms with Gasteiger partial charge in [0.1, 0.15) is 22.8 Å². The van der Waals surface area contributed by atoms with Crippen LogP contribution in [0, 0.1) is 19.8 Å². The van der Waals surface area contributed by atoms with E-state index in [1.54, 1.807) is 13.8 Å². The number of nitrogens with zero attached hydrogens (tertiary/aromatic N) is 2. The van der Waals surface area contributed by atoms with E-state index < -0.39 is 0 Å². The van der Waals surface area contributed by atoms with Gasteiger partial charge in [0.25, 0.3) is 0 Å². The van der Waals surface area contributed by atoms with Crippen molar-refractivity contribution in [3.8, 4) is 0 Å². The third kappa shape index (κ3) is 4.67. The molecule has 1 atom stereocenters. The van der Waals surface area contributed by atoms with E-state index in [0.717, 1.165) is 5.56 Å². The van der Waals surface area contributed by atoms with Gasteiger partial charge in [-0.3, -0.25) is 4.79 Å². The highest BCUT2D eigenvalue weighted by Gasteiger charge is 2.16. The van der Waals surface area contributed by atoms with Gasteiger partial charge in [0.2, 0.25) is 5.91 Å². The van der Waals surface area contributed by atoms with Crippen molar-refractivity contribution < 1.29 is 4.79 Å². The van der Waals surface area contributed by atoms with Gasteiger partial charge < -0.3 is 10.6 Å². The van der Waals surface area contributed by atoms with Gasteiger partial charge in [0.15, 0.2) is 0 Å². The van der Waals surface area contributed by atoms with Crippen LogP contribution in [0.5, 0.6) is 0 Å². The number of carbonyl (C=O) groups is 1. The minimum absolute atomic E-state index is 0.0551. The predicted octanol–water partition coefficient (Wildman–Crippen LogP) is 2.32. The van der Waals surface area contributed by atoms with Crippen LogP contribution in [-0.4, -0.2) is 28.5 Å². The molecule has 0 radical (unpaired) electrons. The van der Waals surface area contributed by atoms with E-state index >= 15 is 0 Å². The van der Waals surface area contributed by atoms with E-state index in [9.17, 15) is 4.79 Å². The summed E-state index contributed by atoms with van der Waals surface area (Å²) in [7, 11) is 0. The monoisotopic (exact) mass is 284 g/mol. The van der Waals surface area contributed by atoms with Crippen molar-refractivity contribution in [3.05, 3.63) is 16.5 Å². The molecule has 2 N–H and O–H groups in total. The van der Waals surface area contributed by atoms with Crippen LogP contribution in [0.4, 0.5) is 5.82 Å². The molecule has 0 saturated heterocycles. The molecule has 0 aromatic carbocycles. The lowest BCUT2D eigenvalue weighted by atomic mass is 10.2. The summed E-state index contributed by atoms with van der Waals surface area (Å²) in [4.78, 5) is 20.2. The summed E-state index contributed by atoms with van der Waals surface area (Å²) in [6, 6.07) is -0.372. The van der Waals surface area contributed by atoms with Crippen LogP contribution in [0.15, 0.2) is 0 Å². The summed E-state index contributed by atoms with van der Waals surface area (Å²) in [6.07, 6.45) is 0. The highest BCUT2D eigenvalue weighted by molar-refractivity contribution is 6.30. The Morgan fingerprint density at radius 2 is 1.89 bits per heavy atom. The largest absolute Gasteiger partial charge is 0.358 e. The topological polar surface area (TPSA) is 66.9 Å². The fourth-order valence-corrected chi connectivity index (χ4v) is 1.68. The summed E-state index contributed by atoms with van der Waals surface area (Å²) in [5.41, 5.74) is 0.746. The van der Waals surface area contributed by atoms with E-state index in [0.29, 0.717) is 29.3 Å². The summed E-state index contributed by atoms with van der Waals surface area (Å²) in [5, 5.41) is 6.35. The number of hydrogen-bond acceptors (Lipinski definition) is 4. The third-order valence-corrected chi connectivity index (χ3v) is 3.00. The second kappa shape index (κ2) is 6.70. The Bertz CT molecular complexity index is 462. The number of rotatable bonds is 5. The second-order valence-electron chi connectivity index (χ2n) is 5.04. The lowest BCUT2D eigenvalue weighted by Crippen LogP contribution is -2.39. The Morgan fingerprint density at radius 1 is 1.26 bits per heavy atom. The van der Waals surface area contributed by atoms with Crippen molar-refractivity contribution in [2.24, 2.45) is 5.92 Å². The number of nitrogens with one attached hydrogen (secondary N) is 2. The number of aromatic nitrogens is 2. The van der Waals surface area contributed by atoms with Crippen LogP contribution < -0.4 is 10.6 Å². The fourth-order valence-electron chi connectivity index (χ4n) is 1.46. The maximum Gasteiger partial charge on any atom is 0.242 e. The van der Waals surface area contributed by atoms with Crippen molar-refractivity contribution in [1.82, 2.24) is 15.3 Å². The first-order valence-corrected chi connectivity index (χ1v) is 6.74. The summed E-state index contributed by atoms with van der Waals surface area (Å²) in [6.45, 7) is 10.1. The minimum Gasteiger partial charge on any atom is -0.358 e.